The molecule has 0 atom stereocenters. The van der Waals surface area contributed by atoms with Gasteiger partial charge in [-0.15, -0.1) is 0 Å². The van der Waals surface area contributed by atoms with Crippen LogP contribution in [0.4, 0.5) is 11.4 Å². The Morgan fingerprint density at radius 3 is 1.33 bits per heavy atom. The van der Waals surface area contributed by atoms with Crippen LogP contribution in [0.25, 0.3) is 0 Å². The highest BCUT2D eigenvalue weighted by atomic mass is 14.7. The minimum absolute atomic E-state index is 0.610. The van der Waals surface area contributed by atoms with Crippen LogP contribution in [0.1, 0.15) is 25.0 Å². The Morgan fingerprint density at radius 1 is 0.667 bits per heavy atom. The first kappa shape index (κ1) is 22.0. The van der Waals surface area contributed by atoms with Crippen LogP contribution in [-0.4, -0.2) is 12.4 Å². The van der Waals surface area contributed by atoms with Gasteiger partial charge >= 0.3 is 0 Å². The van der Waals surface area contributed by atoms with Crippen molar-refractivity contribution in [3.8, 4) is 12.1 Å². The molecule has 0 fully saturated rings. The van der Waals surface area contributed by atoms with Gasteiger partial charge in [-0.3, -0.25) is 9.98 Å². The van der Waals surface area contributed by atoms with Gasteiger partial charge in [-0.2, -0.15) is 10.5 Å². The fraction of sp³-hybridized carbons (Fsp3) is 0.0769. The summed E-state index contributed by atoms with van der Waals surface area (Å²) in [6.07, 6.45) is 15.3. The minimum Gasteiger partial charge on any atom is -0.257 e. The summed E-state index contributed by atoms with van der Waals surface area (Å²) in [7, 11) is 0. The molecule has 0 aliphatic rings. The normalized spacial score (nSPS) is 12.8. The van der Waals surface area contributed by atoms with Crippen molar-refractivity contribution in [3.63, 3.8) is 0 Å². The number of nitriles is 2. The van der Waals surface area contributed by atoms with E-state index in [1.54, 1.807) is 36.7 Å². The summed E-state index contributed by atoms with van der Waals surface area (Å²) >= 11 is 0. The van der Waals surface area contributed by atoms with E-state index in [-0.39, 0.29) is 0 Å². The molecule has 0 bridgehead atoms. The third-order valence-electron chi connectivity index (χ3n) is 3.97. The van der Waals surface area contributed by atoms with Crippen molar-refractivity contribution < 1.29 is 0 Å². The third-order valence-corrected chi connectivity index (χ3v) is 3.97. The van der Waals surface area contributed by atoms with Gasteiger partial charge in [0, 0.05) is 12.4 Å². The Labute approximate surface area is 177 Å². The Balaban J connectivity index is 2.24. The molecule has 0 N–H and O–H groups in total. The molecule has 2 rings (SSSR count). The van der Waals surface area contributed by atoms with E-state index in [0.717, 1.165) is 22.5 Å². The lowest BCUT2D eigenvalue weighted by atomic mass is 10.0. The summed E-state index contributed by atoms with van der Waals surface area (Å²) in [5.41, 5.74) is 4.75. The molecule has 0 aromatic heterocycles. The van der Waals surface area contributed by atoms with E-state index in [1.165, 1.54) is 0 Å². The monoisotopic (exact) mass is 390 g/mol. The molecule has 2 aromatic carbocycles. The molecular weight excluding hydrogens is 368 g/mol. The van der Waals surface area contributed by atoms with Gasteiger partial charge in [-0.05, 0) is 85.7 Å². The molecule has 2 aromatic rings. The van der Waals surface area contributed by atoms with E-state index < -0.39 is 0 Å². The lowest BCUT2D eigenvalue weighted by molar-refractivity contribution is 1.46. The van der Waals surface area contributed by atoms with Gasteiger partial charge in [0.1, 0.15) is 0 Å². The Bertz CT molecular complexity index is 1000. The Kier molecular flexibility index (Phi) is 8.98. The summed E-state index contributed by atoms with van der Waals surface area (Å²) in [6.45, 7) is 3.92. The zero-order valence-electron chi connectivity index (χ0n) is 17.0. The fourth-order valence-electron chi connectivity index (χ4n) is 2.51. The van der Waals surface area contributed by atoms with Crippen molar-refractivity contribution in [2.45, 2.75) is 13.8 Å². The average Bonchev–Trinajstić information content (AvgIpc) is 2.79. The van der Waals surface area contributed by atoms with Crippen LogP contribution < -0.4 is 0 Å². The van der Waals surface area contributed by atoms with Gasteiger partial charge in [0.25, 0.3) is 0 Å². The van der Waals surface area contributed by atoms with Crippen molar-refractivity contribution in [3.05, 3.63) is 107 Å². The zero-order valence-corrected chi connectivity index (χ0v) is 17.0. The largest absolute Gasteiger partial charge is 0.257 e. The zero-order chi connectivity index (χ0) is 21.6. The summed E-state index contributed by atoms with van der Waals surface area (Å²) in [5.74, 6) is 0. The summed E-state index contributed by atoms with van der Waals surface area (Å²) in [4.78, 5) is 8.87. The molecule has 0 saturated heterocycles. The maximum absolute atomic E-state index is 8.87. The van der Waals surface area contributed by atoms with E-state index in [9.17, 15) is 0 Å². The highest BCUT2D eigenvalue weighted by Crippen LogP contribution is 2.16. The molecule has 0 radical (unpaired) electrons. The first-order valence-corrected chi connectivity index (χ1v) is 9.45. The summed E-state index contributed by atoms with van der Waals surface area (Å²) < 4.78 is 0. The molecule has 0 amide bonds. The number of nitrogens with zero attached hydrogens (tertiary/aromatic N) is 4. The number of benzene rings is 2. The van der Waals surface area contributed by atoms with Crippen molar-refractivity contribution in [2.24, 2.45) is 9.98 Å². The Morgan fingerprint density at radius 2 is 1.03 bits per heavy atom. The van der Waals surface area contributed by atoms with E-state index >= 15 is 0 Å². The van der Waals surface area contributed by atoms with Crippen LogP contribution in [0.3, 0.4) is 0 Å². The van der Waals surface area contributed by atoms with Crippen molar-refractivity contribution >= 4 is 23.8 Å². The van der Waals surface area contributed by atoms with Gasteiger partial charge in [0.15, 0.2) is 0 Å². The fourth-order valence-corrected chi connectivity index (χ4v) is 2.51. The SMILES string of the molecule is C\C=C/C(=C/C=Nc1ccc(C#N)cc1)C(/C=C\C)=C/C=Nc1ccc(C#N)cc1. The number of hydrogen-bond donors (Lipinski definition) is 0. The summed E-state index contributed by atoms with van der Waals surface area (Å²) in [6, 6.07) is 18.4. The molecule has 4 heteroatoms. The second-order valence-corrected chi connectivity index (χ2v) is 6.12. The first-order valence-electron chi connectivity index (χ1n) is 9.45. The number of rotatable bonds is 7. The van der Waals surface area contributed by atoms with Gasteiger partial charge in [0.2, 0.25) is 0 Å². The molecule has 146 valence electrons. The lowest BCUT2D eigenvalue weighted by Gasteiger charge is -2.02. The highest BCUT2D eigenvalue weighted by Gasteiger charge is 1.97. The Hall–Kier alpha value is -4.28. The predicted octanol–water partition coefficient (Wildman–Crippen LogP) is 6.54. The van der Waals surface area contributed by atoms with Crippen molar-refractivity contribution in [1.29, 1.82) is 10.5 Å². The van der Waals surface area contributed by atoms with Crippen molar-refractivity contribution in [1.82, 2.24) is 0 Å². The highest BCUT2D eigenvalue weighted by molar-refractivity contribution is 5.82. The number of hydrogen-bond acceptors (Lipinski definition) is 4. The number of allylic oxidation sites excluding steroid dienone is 8. The standard InChI is InChI=1S/C26H22N4/c1-3-5-23(15-17-29-25-11-7-21(19-27)8-12-25)24(6-4-2)16-18-30-26-13-9-22(20-28)10-14-26/h3-18H,1-2H3/b5-3-,6-4-,23-15-,24-16+,29-17?,30-18?. The maximum Gasteiger partial charge on any atom is 0.0991 e. The summed E-state index contributed by atoms with van der Waals surface area (Å²) in [5, 5.41) is 17.7. The first-order chi connectivity index (χ1) is 14.7. The van der Waals surface area contributed by atoms with Crippen LogP contribution in [0, 0.1) is 22.7 Å². The quantitative estimate of drug-likeness (QED) is 0.398. The lowest BCUT2D eigenvalue weighted by Crippen LogP contribution is -1.86. The maximum atomic E-state index is 8.87. The van der Waals surface area contributed by atoms with Gasteiger partial charge < -0.3 is 0 Å². The predicted molar refractivity (Wildman–Crippen MR) is 124 cm³/mol. The molecule has 4 nitrogen and oxygen atoms in total. The second kappa shape index (κ2) is 12.2. The van der Waals surface area contributed by atoms with Crippen molar-refractivity contribution in [2.75, 3.05) is 0 Å². The average molecular weight is 390 g/mol. The van der Waals surface area contributed by atoms with Gasteiger partial charge in [-0.25, -0.2) is 0 Å². The molecule has 0 unspecified atom stereocenters. The van der Waals surface area contributed by atoms with E-state index in [4.69, 9.17) is 10.5 Å². The van der Waals surface area contributed by atoms with Crippen LogP contribution >= 0.6 is 0 Å². The second-order valence-electron chi connectivity index (χ2n) is 6.12. The molecule has 30 heavy (non-hydrogen) atoms. The van der Waals surface area contributed by atoms with Gasteiger partial charge in [-0.1, -0.05) is 24.3 Å². The molecule has 0 saturated carbocycles. The van der Waals surface area contributed by atoms with E-state index in [1.807, 2.05) is 74.6 Å². The van der Waals surface area contributed by atoms with Crippen LogP contribution in [0.5, 0.6) is 0 Å². The molecular formula is C26H22N4. The molecule has 0 spiro atoms. The van der Waals surface area contributed by atoms with Crippen LogP contribution in [-0.2, 0) is 0 Å². The molecule has 0 aliphatic carbocycles. The topological polar surface area (TPSA) is 72.3 Å². The van der Waals surface area contributed by atoms with Crippen LogP contribution in [0.15, 0.2) is 106 Å². The van der Waals surface area contributed by atoms with E-state index in [0.29, 0.717) is 11.1 Å². The molecule has 0 aliphatic heterocycles. The number of aliphatic imine (C=N–C) groups is 2. The molecule has 0 heterocycles. The van der Waals surface area contributed by atoms with Crippen LogP contribution in [0.2, 0.25) is 0 Å². The minimum atomic E-state index is 0.610. The van der Waals surface area contributed by atoms with E-state index in [2.05, 4.69) is 22.1 Å². The third kappa shape index (κ3) is 7.03. The smallest absolute Gasteiger partial charge is 0.0991 e. The van der Waals surface area contributed by atoms with Gasteiger partial charge in [0.05, 0.1) is 34.6 Å².